The van der Waals surface area contributed by atoms with Crippen LogP contribution in [0.15, 0.2) is 85.2 Å². The topological polar surface area (TPSA) is 144 Å². The van der Waals surface area contributed by atoms with Crippen molar-refractivity contribution in [3.05, 3.63) is 118 Å². The number of primary amides is 1. The summed E-state index contributed by atoms with van der Waals surface area (Å²) in [7, 11) is 0. The second-order valence-corrected chi connectivity index (χ2v) is 9.58. The van der Waals surface area contributed by atoms with Crippen LogP contribution < -0.4 is 11.1 Å². The fourth-order valence-electron chi connectivity index (χ4n) is 4.11. The van der Waals surface area contributed by atoms with E-state index in [1.54, 1.807) is 48.5 Å². The number of imidazole rings is 1. The average molecular weight is 573 g/mol. The molecule has 200 valence electrons. The number of carbonyl (C=O) groups excluding carboxylic acids is 2. The first-order chi connectivity index (χ1) is 19.4. The highest BCUT2D eigenvalue weighted by Crippen LogP contribution is 2.29. The van der Waals surface area contributed by atoms with Crippen molar-refractivity contribution in [3.8, 4) is 16.9 Å². The quantitative estimate of drug-likeness (QED) is 0.220. The molecular weight excluding hydrogens is 551 g/mol. The molecule has 5 aromatic rings. The van der Waals surface area contributed by atoms with E-state index in [2.05, 4.69) is 25.8 Å². The highest BCUT2D eigenvalue weighted by Gasteiger charge is 2.21. The van der Waals surface area contributed by atoms with Crippen molar-refractivity contribution in [1.82, 2.24) is 35.5 Å². The van der Waals surface area contributed by atoms with Crippen LogP contribution in [-0.2, 0) is 11.2 Å². The summed E-state index contributed by atoms with van der Waals surface area (Å²) in [6, 6.07) is 21.0. The second-order valence-electron chi connectivity index (χ2n) is 8.77. The fourth-order valence-corrected chi connectivity index (χ4v) is 4.54. The van der Waals surface area contributed by atoms with Gasteiger partial charge in [-0.1, -0.05) is 65.7 Å². The zero-order valence-electron chi connectivity index (χ0n) is 20.8. The Bertz CT molecular complexity index is 1670. The molecule has 12 heteroatoms. The molecule has 0 radical (unpaired) electrons. The largest absolute Gasteiger partial charge is 0.366 e. The fraction of sp³-hybridized carbons (Fsp3) is 0.0714. The van der Waals surface area contributed by atoms with E-state index in [4.69, 9.17) is 33.9 Å². The van der Waals surface area contributed by atoms with Gasteiger partial charge in [0.25, 0.3) is 0 Å². The van der Waals surface area contributed by atoms with E-state index in [1.165, 1.54) is 17.1 Å². The molecule has 10 nitrogen and oxygen atoms in total. The van der Waals surface area contributed by atoms with Crippen LogP contribution in [0, 0.1) is 0 Å². The normalized spacial score (nSPS) is 11.9. The summed E-state index contributed by atoms with van der Waals surface area (Å²) < 4.78 is 1.48. The first-order valence-electron chi connectivity index (χ1n) is 12.1. The van der Waals surface area contributed by atoms with Crippen LogP contribution in [0.4, 0.5) is 0 Å². The van der Waals surface area contributed by atoms with Crippen molar-refractivity contribution in [2.24, 2.45) is 5.73 Å². The van der Waals surface area contributed by atoms with Gasteiger partial charge in [-0.05, 0) is 58.8 Å². The number of nitrogens with two attached hydrogens (primary N) is 1. The molecule has 0 unspecified atom stereocenters. The molecule has 0 bridgehead atoms. The SMILES string of the molecule is NC(=O)c1ccc(-c2nc([C@H](Cc3ccccc3)NC(=O)/C=C/c3cc(Cl)ccc3-n3cnnn3)[nH]c2Cl)cc1. The molecule has 2 aromatic heterocycles. The molecule has 0 saturated heterocycles. The first-order valence-corrected chi connectivity index (χ1v) is 12.8. The predicted octanol–water partition coefficient (Wildman–Crippen LogP) is 4.57. The van der Waals surface area contributed by atoms with Crippen molar-refractivity contribution >= 4 is 41.1 Å². The number of benzene rings is 3. The Morgan fingerprint density at radius 3 is 2.52 bits per heavy atom. The van der Waals surface area contributed by atoms with E-state index in [0.717, 1.165) is 5.56 Å². The lowest BCUT2D eigenvalue weighted by Gasteiger charge is -2.16. The van der Waals surface area contributed by atoms with Gasteiger partial charge in [-0.2, -0.15) is 4.68 Å². The number of nitrogens with one attached hydrogen (secondary N) is 2. The molecule has 0 saturated carbocycles. The molecular formula is C28H22Cl2N8O2. The molecule has 3 aromatic carbocycles. The zero-order valence-corrected chi connectivity index (χ0v) is 22.3. The predicted molar refractivity (Wildman–Crippen MR) is 152 cm³/mol. The van der Waals surface area contributed by atoms with Crippen molar-refractivity contribution in [1.29, 1.82) is 0 Å². The summed E-state index contributed by atoms with van der Waals surface area (Å²) in [5, 5.41) is 15.1. The Hall–Kier alpha value is -4.80. The van der Waals surface area contributed by atoms with E-state index in [1.807, 2.05) is 30.3 Å². The van der Waals surface area contributed by atoms with E-state index in [9.17, 15) is 9.59 Å². The molecule has 0 aliphatic rings. The zero-order chi connectivity index (χ0) is 28.1. The van der Waals surface area contributed by atoms with Gasteiger partial charge in [0, 0.05) is 27.8 Å². The molecule has 0 fully saturated rings. The second kappa shape index (κ2) is 11.9. The Morgan fingerprint density at radius 1 is 1.05 bits per heavy atom. The third kappa shape index (κ3) is 6.25. The number of hydrogen-bond acceptors (Lipinski definition) is 6. The average Bonchev–Trinajstić information content (AvgIpc) is 3.62. The number of carbonyl (C=O) groups is 2. The lowest BCUT2D eigenvalue weighted by atomic mass is 10.1. The van der Waals surface area contributed by atoms with Crippen LogP contribution in [0.25, 0.3) is 23.0 Å². The molecule has 5 rings (SSSR count). The number of H-pyrrole nitrogens is 1. The Balaban J connectivity index is 1.42. The number of hydrogen-bond donors (Lipinski definition) is 3. The van der Waals surface area contributed by atoms with E-state index < -0.39 is 11.9 Å². The Morgan fingerprint density at radius 2 is 1.82 bits per heavy atom. The van der Waals surface area contributed by atoms with E-state index in [-0.39, 0.29) is 5.91 Å². The number of nitrogens with zero attached hydrogens (tertiary/aromatic N) is 5. The van der Waals surface area contributed by atoms with Gasteiger partial charge in [0.2, 0.25) is 11.8 Å². The monoisotopic (exact) mass is 572 g/mol. The maximum absolute atomic E-state index is 13.1. The van der Waals surface area contributed by atoms with Gasteiger partial charge in [0.15, 0.2) is 0 Å². The summed E-state index contributed by atoms with van der Waals surface area (Å²) in [6.45, 7) is 0. The third-order valence-corrected chi connectivity index (χ3v) is 6.56. The molecule has 2 heterocycles. The van der Waals surface area contributed by atoms with E-state index >= 15 is 0 Å². The number of aromatic nitrogens is 6. The maximum atomic E-state index is 13.1. The highest BCUT2D eigenvalue weighted by atomic mass is 35.5. The molecule has 0 spiro atoms. The smallest absolute Gasteiger partial charge is 0.248 e. The van der Waals surface area contributed by atoms with Crippen molar-refractivity contribution in [3.63, 3.8) is 0 Å². The number of halogens is 2. The van der Waals surface area contributed by atoms with Gasteiger partial charge >= 0.3 is 0 Å². The minimum atomic E-state index is -0.533. The van der Waals surface area contributed by atoms with Crippen LogP contribution in [0.3, 0.4) is 0 Å². The Kier molecular flexibility index (Phi) is 7.99. The van der Waals surface area contributed by atoms with Crippen LogP contribution in [0.5, 0.6) is 0 Å². The van der Waals surface area contributed by atoms with Gasteiger partial charge < -0.3 is 16.0 Å². The van der Waals surface area contributed by atoms with Crippen LogP contribution in [0.1, 0.15) is 33.4 Å². The van der Waals surface area contributed by atoms with Crippen LogP contribution in [0.2, 0.25) is 10.2 Å². The summed E-state index contributed by atoms with van der Waals surface area (Å²) in [4.78, 5) is 32.4. The first kappa shape index (κ1) is 26.8. The molecule has 1 atom stereocenters. The van der Waals surface area contributed by atoms with Crippen molar-refractivity contribution < 1.29 is 9.59 Å². The minimum absolute atomic E-state index is 0.301. The van der Waals surface area contributed by atoms with Crippen molar-refractivity contribution in [2.45, 2.75) is 12.5 Å². The van der Waals surface area contributed by atoms with Crippen LogP contribution in [-0.4, -0.2) is 42.0 Å². The number of amides is 2. The van der Waals surface area contributed by atoms with E-state index in [0.29, 0.717) is 50.5 Å². The molecule has 0 aliphatic heterocycles. The number of rotatable bonds is 9. The highest BCUT2D eigenvalue weighted by molar-refractivity contribution is 6.32. The summed E-state index contributed by atoms with van der Waals surface area (Å²) in [5.74, 6) is -0.410. The van der Waals surface area contributed by atoms with Gasteiger partial charge in [-0.3, -0.25) is 9.59 Å². The molecule has 0 aliphatic carbocycles. The molecule has 40 heavy (non-hydrogen) atoms. The lowest BCUT2D eigenvalue weighted by Crippen LogP contribution is -2.29. The standard InChI is InChI=1S/C28H22Cl2N8O2/c29-21-11-12-23(38-16-32-36-37-38)20(15-21)10-13-24(39)33-22(14-17-4-2-1-3-5-17)28-34-25(26(30)35-28)18-6-8-19(9-7-18)27(31)40/h1-13,15-16,22H,14H2,(H2,31,40)(H,33,39)(H,34,35)/b13-10+/t22-/m0/s1. The molecule has 4 N–H and O–H groups in total. The summed E-state index contributed by atoms with van der Waals surface area (Å²) in [6.07, 6.45) is 4.96. The Labute approximate surface area is 238 Å². The van der Waals surface area contributed by atoms with Gasteiger partial charge in [0.1, 0.15) is 23.0 Å². The lowest BCUT2D eigenvalue weighted by molar-refractivity contribution is -0.117. The maximum Gasteiger partial charge on any atom is 0.248 e. The molecule has 2 amide bonds. The van der Waals surface area contributed by atoms with Gasteiger partial charge in [-0.15, -0.1) is 5.10 Å². The van der Waals surface area contributed by atoms with Gasteiger partial charge in [0.05, 0.1) is 11.7 Å². The third-order valence-electron chi connectivity index (χ3n) is 6.05. The summed E-state index contributed by atoms with van der Waals surface area (Å²) >= 11 is 12.7. The van der Waals surface area contributed by atoms with Crippen LogP contribution >= 0.6 is 23.2 Å². The number of aromatic amines is 1. The summed E-state index contributed by atoms with van der Waals surface area (Å²) in [5.41, 5.74) is 9.20. The van der Waals surface area contributed by atoms with Gasteiger partial charge in [-0.25, -0.2) is 4.98 Å². The number of tetrazole rings is 1. The van der Waals surface area contributed by atoms with Crippen molar-refractivity contribution in [2.75, 3.05) is 0 Å². The minimum Gasteiger partial charge on any atom is -0.366 e.